The van der Waals surface area contributed by atoms with Crippen molar-refractivity contribution >= 4 is 33.2 Å². The summed E-state index contributed by atoms with van der Waals surface area (Å²) in [6.07, 6.45) is -1.81. The SMILES string of the molecule is O=C(c1ccc(Cl)cc1NS(=O)(=O)c1ccc(C(F)(F)F)cc1)N1CCCCC1. The molecule has 0 bridgehead atoms. The monoisotopic (exact) mass is 446 g/mol. The Morgan fingerprint density at radius 1 is 1.00 bits per heavy atom. The number of benzene rings is 2. The molecule has 1 aliphatic heterocycles. The number of piperidine rings is 1. The van der Waals surface area contributed by atoms with Gasteiger partial charge < -0.3 is 4.90 Å². The minimum Gasteiger partial charge on any atom is -0.339 e. The fourth-order valence-corrected chi connectivity index (χ4v) is 4.32. The highest BCUT2D eigenvalue weighted by atomic mass is 35.5. The van der Waals surface area contributed by atoms with Crippen LogP contribution in [-0.4, -0.2) is 32.3 Å². The van der Waals surface area contributed by atoms with Gasteiger partial charge in [-0.05, 0) is 61.7 Å². The number of alkyl halides is 3. The van der Waals surface area contributed by atoms with Crippen LogP contribution in [0.15, 0.2) is 47.4 Å². The van der Waals surface area contributed by atoms with Gasteiger partial charge >= 0.3 is 6.18 Å². The van der Waals surface area contributed by atoms with Gasteiger partial charge in [-0.25, -0.2) is 8.42 Å². The lowest BCUT2D eigenvalue weighted by molar-refractivity contribution is -0.137. The van der Waals surface area contributed by atoms with Crippen LogP contribution in [0.3, 0.4) is 0 Å². The topological polar surface area (TPSA) is 66.5 Å². The summed E-state index contributed by atoms with van der Waals surface area (Å²) in [5.74, 6) is -0.327. The first-order valence-electron chi connectivity index (χ1n) is 8.87. The van der Waals surface area contributed by atoms with Crippen LogP contribution in [-0.2, 0) is 16.2 Å². The van der Waals surface area contributed by atoms with Crippen molar-refractivity contribution in [3.63, 3.8) is 0 Å². The fraction of sp³-hybridized carbons (Fsp3) is 0.316. The number of anilines is 1. The van der Waals surface area contributed by atoms with Crippen LogP contribution in [0.25, 0.3) is 0 Å². The predicted molar refractivity (Wildman–Crippen MR) is 103 cm³/mol. The number of nitrogens with one attached hydrogen (secondary N) is 1. The van der Waals surface area contributed by atoms with Gasteiger partial charge in [-0.3, -0.25) is 9.52 Å². The molecule has 156 valence electrons. The molecule has 0 saturated carbocycles. The Labute approximate surface area is 171 Å². The maximum atomic E-state index is 12.8. The second-order valence-corrected chi connectivity index (χ2v) is 8.79. The van der Waals surface area contributed by atoms with Crippen molar-refractivity contribution < 1.29 is 26.4 Å². The summed E-state index contributed by atoms with van der Waals surface area (Å²) in [7, 11) is -4.23. The third-order valence-corrected chi connectivity index (χ3v) is 6.21. The number of hydrogen-bond acceptors (Lipinski definition) is 3. The third kappa shape index (κ3) is 5.02. The normalized spacial score (nSPS) is 15.2. The fourth-order valence-electron chi connectivity index (χ4n) is 3.08. The van der Waals surface area contributed by atoms with Crippen LogP contribution >= 0.6 is 11.6 Å². The average Bonchev–Trinajstić information content (AvgIpc) is 2.67. The molecule has 0 aliphatic carbocycles. The summed E-state index contributed by atoms with van der Waals surface area (Å²) in [6.45, 7) is 1.15. The number of sulfonamides is 1. The minimum atomic E-state index is -4.57. The summed E-state index contributed by atoms with van der Waals surface area (Å²) in [4.78, 5) is 14.1. The summed E-state index contributed by atoms with van der Waals surface area (Å²) in [5.41, 5.74) is -0.847. The Morgan fingerprint density at radius 3 is 2.21 bits per heavy atom. The lowest BCUT2D eigenvalue weighted by Gasteiger charge is -2.27. The van der Waals surface area contributed by atoms with E-state index in [0.29, 0.717) is 25.2 Å². The maximum absolute atomic E-state index is 12.8. The summed E-state index contributed by atoms with van der Waals surface area (Å²) in [5, 5.41) is 0.213. The molecular formula is C19H18ClF3N2O3S. The van der Waals surface area contributed by atoms with Gasteiger partial charge in [0.1, 0.15) is 0 Å². The van der Waals surface area contributed by atoms with Crippen molar-refractivity contribution in [2.24, 2.45) is 0 Å². The van der Waals surface area contributed by atoms with Crippen LogP contribution in [0.4, 0.5) is 18.9 Å². The number of carbonyl (C=O) groups excluding carboxylic acids is 1. The molecule has 1 heterocycles. The van der Waals surface area contributed by atoms with Crippen LogP contribution in [0, 0.1) is 0 Å². The van der Waals surface area contributed by atoms with E-state index in [1.54, 1.807) is 4.90 Å². The van der Waals surface area contributed by atoms with E-state index >= 15 is 0 Å². The molecule has 3 rings (SSSR count). The molecule has 0 unspecified atom stereocenters. The summed E-state index contributed by atoms with van der Waals surface area (Å²) in [6, 6.07) is 7.32. The maximum Gasteiger partial charge on any atom is 0.416 e. The quantitative estimate of drug-likeness (QED) is 0.734. The van der Waals surface area contributed by atoms with Gasteiger partial charge in [-0.1, -0.05) is 11.6 Å². The van der Waals surface area contributed by atoms with E-state index in [4.69, 9.17) is 11.6 Å². The molecule has 1 aliphatic rings. The molecule has 2 aromatic rings. The first kappa shape index (κ1) is 21.4. The third-order valence-electron chi connectivity index (χ3n) is 4.59. The minimum absolute atomic E-state index is 0.0204. The van der Waals surface area contributed by atoms with Gasteiger partial charge in [0.05, 0.1) is 21.7 Å². The molecule has 1 fully saturated rings. The number of carbonyl (C=O) groups is 1. The number of halogens is 4. The van der Waals surface area contributed by atoms with Crippen LogP contribution < -0.4 is 4.72 Å². The molecular weight excluding hydrogens is 429 g/mol. The van der Waals surface area contributed by atoms with Crippen molar-refractivity contribution in [1.29, 1.82) is 0 Å². The zero-order valence-corrected chi connectivity index (χ0v) is 16.7. The van der Waals surface area contributed by atoms with Gasteiger partial charge in [0.15, 0.2) is 0 Å². The molecule has 1 N–H and O–H groups in total. The van der Waals surface area contributed by atoms with Crippen molar-refractivity contribution in [2.45, 2.75) is 30.3 Å². The van der Waals surface area contributed by atoms with E-state index in [1.807, 2.05) is 0 Å². The second kappa shape index (κ2) is 8.23. The standard InChI is InChI=1S/C19H18ClF3N2O3S/c20-14-6-9-16(18(26)25-10-2-1-3-11-25)17(12-14)24-29(27,28)15-7-4-13(5-8-15)19(21,22)23/h4-9,12,24H,1-3,10-11H2. The Balaban J connectivity index is 1.90. The smallest absolute Gasteiger partial charge is 0.339 e. The van der Waals surface area contributed by atoms with E-state index < -0.39 is 21.8 Å². The molecule has 0 radical (unpaired) electrons. The van der Waals surface area contributed by atoms with Crippen molar-refractivity contribution in [3.05, 3.63) is 58.6 Å². The highest BCUT2D eigenvalue weighted by Crippen LogP contribution is 2.31. The Bertz CT molecular complexity index is 1000. The second-order valence-electron chi connectivity index (χ2n) is 6.67. The Morgan fingerprint density at radius 2 is 1.62 bits per heavy atom. The molecule has 1 saturated heterocycles. The highest BCUT2D eigenvalue weighted by Gasteiger charge is 2.31. The van der Waals surface area contributed by atoms with Crippen molar-refractivity contribution in [1.82, 2.24) is 4.90 Å². The zero-order chi connectivity index (χ0) is 21.2. The van der Waals surface area contributed by atoms with Crippen molar-refractivity contribution in [3.8, 4) is 0 Å². The molecule has 29 heavy (non-hydrogen) atoms. The van der Waals surface area contributed by atoms with E-state index in [1.165, 1.54) is 18.2 Å². The van der Waals surface area contributed by atoms with E-state index in [9.17, 15) is 26.4 Å². The Kier molecular flexibility index (Phi) is 6.09. The lowest BCUT2D eigenvalue weighted by atomic mass is 10.1. The first-order chi connectivity index (χ1) is 13.6. The zero-order valence-electron chi connectivity index (χ0n) is 15.2. The van der Waals surface area contributed by atoms with Gasteiger partial charge in [-0.15, -0.1) is 0 Å². The first-order valence-corrected chi connectivity index (χ1v) is 10.7. The number of nitrogens with zero attached hydrogens (tertiary/aromatic N) is 1. The van der Waals surface area contributed by atoms with Crippen molar-refractivity contribution in [2.75, 3.05) is 17.8 Å². The van der Waals surface area contributed by atoms with Gasteiger partial charge in [0.25, 0.3) is 15.9 Å². The van der Waals surface area contributed by atoms with E-state index in [-0.39, 0.29) is 27.1 Å². The van der Waals surface area contributed by atoms with E-state index in [2.05, 4.69) is 4.72 Å². The molecule has 1 amide bonds. The largest absolute Gasteiger partial charge is 0.416 e. The number of rotatable bonds is 4. The molecule has 10 heteroatoms. The molecule has 2 aromatic carbocycles. The van der Waals surface area contributed by atoms with Gasteiger partial charge in [-0.2, -0.15) is 13.2 Å². The van der Waals surface area contributed by atoms with Gasteiger partial charge in [0, 0.05) is 18.1 Å². The number of hydrogen-bond donors (Lipinski definition) is 1. The number of amides is 1. The summed E-state index contributed by atoms with van der Waals surface area (Å²) < 4.78 is 65.7. The molecule has 5 nitrogen and oxygen atoms in total. The van der Waals surface area contributed by atoms with E-state index in [0.717, 1.165) is 31.4 Å². The van der Waals surface area contributed by atoms with Gasteiger partial charge in [0.2, 0.25) is 0 Å². The van der Waals surface area contributed by atoms with Crippen LogP contribution in [0.1, 0.15) is 35.2 Å². The molecule has 0 atom stereocenters. The summed E-state index contributed by atoms with van der Waals surface area (Å²) >= 11 is 5.97. The predicted octanol–water partition coefficient (Wildman–Crippen LogP) is 4.79. The molecule has 0 spiro atoms. The molecule has 0 aromatic heterocycles. The Hall–Kier alpha value is -2.26. The lowest BCUT2D eigenvalue weighted by Crippen LogP contribution is -2.36. The number of likely N-dealkylation sites (tertiary alicyclic amines) is 1. The van der Waals surface area contributed by atoms with Crippen LogP contribution in [0.2, 0.25) is 5.02 Å². The highest BCUT2D eigenvalue weighted by molar-refractivity contribution is 7.92. The average molecular weight is 447 g/mol. The van der Waals surface area contributed by atoms with Crippen LogP contribution in [0.5, 0.6) is 0 Å².